The summed E-state index contributed by atoms with van der Waals surface area (Å²) in [7, 11) is 1.49. The molecule has 1 N–H and O–H groups in total. The second kappa shape index (κ2) is 8.11. The third kappa shape index (κ3) is 5.02. The standard InChI is InChI=1S/C16H17F4N3O2/c1-25-8-4-7-23(10-11-5-2-3-6-12(11)17)15(24)13-9-14(22-21-13)16(18,19)20/h2-3,5-6,9H,4,7-8,10H2,1H3,(H,21,22). The minimum Gasteiger partial charge on any atom is -0.385 e. The van der Waals surface area contributed by atoms with Crippen molar-refractivity contribution in [2.75, 3.05) is 20.3 Å². The molecule has 0 fully saturated rings. The van der Waals surface area contributed by atoms with E-state index in [1.165, 1.54) is 30.2 Å². The van der Waals surface area contributed by atoms with Gasteiger partial charge in [-0.1, -0.05) is 18.2 Å². The second-order valence-electron chi connectivity index (χ2n) is 5.33. The Morgan fingerprint density at radius 2 is 2.04 bits per heavy atom. The molecule has 1 amide bonds. The van der Waals surface area contributed by atoms with Crippen LogP contribution in [0.2, 0.25) is 0 Å². The Morgan fingerprint density at radius 3 is 2.64 bits per heavy atom. The van der Waals surface area contributed by atoms with E-state index in [0.29, 0.717) is 19.1 Å². The Morgan fingerprint density at radius 1 is 1.32 bits per heavy atom. The summed E-state index contributed by atoms with van der Waals surface area (Å²) in [5.74, 6) is -1.19. The number of carbonyl (C=O) groups is 1. The number of aromatic amines is 1. The summed E-state index contributed by atoms with van der Waals surface area (Å²) in [5, 5.41) is 5.21. The summed E-state index contributed by atoms with van der Waals surface area (Å²) in [6, 6.07) is 6.55. The Bertz CT molecular complexity index is 715. The molecule has 0 spiro atoms. The first-order valence-corrected chi connectivity index (χ1v) is 7.47. The highest BCUT2D eigenvalue weighted by molar-refractivity contribution is 5.92. The van der Waals surface area contributed by atoms with Gasteiger partial charge < -0.3 is 9.64 Å². The fourth-order valence-electron chi connectivity index (χ4n) is 2.23. The fraction of sp³-hybridized carbons (Fsp3) is 0.375. The lowest BCUT2D eigenvalue weighted by Gasteiger charge is -2.22. The van der Waals surface area contributed by atoms with Crippen LogP contribution in [-0.2, 0) is 17.5 Å². The minimum absolute atomic E-state index is 0.0738. The zero-order valence-corrected chi connectivity index (χ0v) is 13.4. The number of benzene rings is 1. The van der Waals surface area contributed by atoms with E-state index in [1.54, 1.807) is 6.07 Å². The van der Waals surface area contributed by atoms with Crippen molar-refractivity contribution in [3.05, 3.63) is 53.1 Å². The Labute approximate surface area is 141 Å². The van der Waals surface area contributed by atoms with Gasteiger partial charge in [-0.25, -0.2) is 4.39 Å². The zero-order chi connectivity index (χ0) is 18.4. The molecule has 0 radical (unpaired) electrons. The zero-order valence-electron chi connectivity index (χ0n) is 13.4. The molecule has 2 aromatic rings. The minimum atomic E-state index is -4.65. The van der Waals surface area contributed by atoms with Crippen LogP contribution in [0.4, 0.5) is 17.6 Å². The van der Waals surface area contributed by atoms with E-state index in [0.717, 1.165) is 0 Å². The lowest BCUT2D eigenvalue weighted by molar-refractivity contribution is -0.141. The maximum absolute atomic E-state index is 13.8. The third-order valence-corrected chi connectivity index (χ3v) is 3.48. The molecule has 0 aliphatic rings. The maximum Gasteiger partial charge on any atom is 0.435 e. The van der Waals surface area contributed by atoms with E-state index in [1.807, 2.05) is 0 Å². The summed E-state index contributed by atoms with van der Waals surface area (Å²) < 4.78 is 56.7. The highest BCUT2D eigenvalue weighted by Crippen LogP contribution is 2.28. The number of halogens is 4. The topological polar surface area (TPSA) is 58.2 Å². The van der Waals surface area contributed by atoms with Gasteiger partial charge in [0.05, 0.1) is 0 Å². The van der Waals surface area contributed by atoms with Gasteiger partial charge in [-0.05, 0) is 12.5 Å². The molecule has 136 valence electrons. The van der Waals surface area contributed by atoms with Crippen LogP contribution in [0.1, 0.15) is 28.2 Å². The SMILES string of the molecule is COCCCN(Cc1ccccc1F)C(=O)c1cc(C(F)(F)F)n[nH]1. The summed E-state index contributed by atoms with van der Waals surface area (Å²) in [6.07, 6.45) is -4.20. The lowest BCUT2D eigenvalue weighted by atomic mass is 10.2. The number of hydrogen-bond acceptors (Lipinski definition) is 3. The molecule has 1 aromatic carbocycles. The van der Waals surface area contributed by atoms with Gasteiger partial charge in [0.1, 0.15) is 11.5 Å². The van der Waals surface area contributed by atoms with Gasteiger partial charge >= 0.3 is 6.18 Å². The van der Waals surface area contributed by atoms with Crippen molar-refractivity contribution in [1.82, 2.24) is 15.1 Å². The molecule has 0 unspecified atom stereocenters. The highest BCUT2D eigenvalue weighted by Gasteiger charge is 2.35. The van der Waals surface area contributed by atoms with E-state index >= 15 is 0 Å². The summed E-state index contributed by atoms with van der Waals surface area (Å²) >= 11 is 0. The quantitative estimate of drug-likeness (QED) is 0.610. The molecule has 9 heteroatoms. The van der Waals surface area contributed by atoms with Crippen LogP contribution in [0.25, 0.3) is 0 Å². The van der Waals surface area contributed by atoms with E-state index in [9.17, 15) is 22.4 Å². The van der Waals surface area contributed by atoms with Gasteiger partial charge in [-0.15, -0.1) is 0 Å². The highest BCUT2D eigenvalue weighted by atomic mass is 19.4. The number of methoxy groups -OCH3 is 1. The van der Waals surface area contributed by atoms with Crippen molar-refractivity contribution in [3.63, 3.8) is 0 Å². The van der Waals surface area contributed by atoms with Crippen molar-refractivity contribution in [2.24, 2.45) is 0 Å². The van der Waals surface area contributed by atoms with Crippen molar-refractivity contribution >= 4 is 5.91 Å². The summed E-state index contributed by atoms with van der Waals surface area (Å²) in [4.78, 5) is 13.8. The number of nitrogens with zero attached hydrogens (tertiary/aromatic N) is 2. The molecule has 25 heavy (non-hydrogen) atoms. The van der Waals surface area contributed by atoms with Crippen molar-refractivity contribution in [2.45, 2.75) is 19.1 Å². The first-order chi connectivity index (χ1) is 11.8. The van der Waals surface area contributed by atoms with Gasteiger partial charge in [-0.2, -0.15) is 18.3 Å². The molecule has 0 saturated carbocycles. The number of amides is 1. The molecule has 5 nitrogen and oxygen atoms in total. The molecule has 0 aliphatic heterocycles. The number of hydrogen-bond donors (Lipinski definition) is 1. The van der Waals surface area contributed by atoms with Gasteiger partial charge in [0.25, 0.3) is 5.91 Å². The van der Waals surface area contributed by atoms with E-state index < -0.39 is 23.6 Å². The van der Waals surface area contributed by atoms with E-state index in [4.69, 9.17) is 4.74 Å². The molecule has 0 bridgehead atoms. The Balaban J connectivity index is 2.20. The normalized spacial score (nSPS) is 11.6. The number of nitrogens with one attached hydrogen (secondary N) is 1. The smallest absolute Gasteiger partial charge is 0.385 e. The maximum atomic E-state index is 13.8. The predicted octanol–water partition coefficient (Wildman–Crippen LogP) is 3.25. The fourth-order valence-corrected chi connectivity index (χ4v) is 2.23. The largest absolute Gasteiger partial charge is 0.435 e. The molecular formula is C16H17F4N3O2. The number of H-pyrrole nitrogens is 1. The molecule has 2 rings (SSSR count). The van der Waals surface area contributed by atoms with Crippen LogP contribution in [-0.4, -0.2) is 41.3 Å². The molecular weight excluding hydrogens is 342 g/mol. The van der Waals surface area contributed by atoms with Crippen LogP contribution in [0.5, 0.6) is 0 Å². The number of aromatic nitrogens is 2. The van der Waals surface area contributed by atoms with Crippen molar-refractivity contribution in [1.29, 1.82) is 0 Å². The third-order valence-electron chi connectivity index (χ3n) is 3.48. The summed E-state index contributed by atoms with van der Waals surface area (Å²) in [6.45, 7) is 0.481. The summed E-state index contributed by atoms with van der Waals surface area (Å²) in [5.41, 5.74) is -1.22. The Kier molecular flexibility index (Phi) is 6.13. The van der Waals surface area contributed by atoms with Gasteiger partial charge in [0.2, 0.25) is 0 Å². The number of carbonyl (C=O) groups excluding carboxylic acids is 1. The van der Waals surface area contributed by atoms with Crippen LogP contribution < -0.4 is 0 Å². The lowest BCUT2D eigenvalue weighted by Crippen LogP contribution is -2.32. The van der Waals surface area contributed by atoms with Gasteiger partial charge in [0.15, 0.2) is 5.69 Å². The molecule has 0 aliphatic carbocycles. The average molecular weight is 359 g/mol. The van der Waals surface area contributed by atoms with Crippen molar-refractivity contribution < 1.29 is 27.1 Å². The second-order valence-corrected chi connectivity index (χ2v) is 5.33. The molecule has 1 aromatic heterocycles. The van der Waals surface area contributed by atoms with Crippen LogP contribution in [0.15, 0.2) is 30.3 Å². The number of rotatable bonds is 7. The van der Waals surface area contributed by atoms with Crippen molar-refractivity contribution in [3.8, 4) is 0 Å². The van der Waals surface area contributed by atoms with Crippen LogP contribution in [0, 0.1) is 5.82 Å². The monoisotopic (exact) mass is 359 g/mol. The molecule has 1 heterocycles. The van der Waals surface area contributed by atoms with Gasteiger partial charge in [0, 0.05) is 38.4 Å². The first-order valence-electron chi connectivity index (χ1n) is 7.47. The number of ether oxygens (including phenoxy) is 1. The van der Waals surface area contributed by atoms with E-state index in [-0.39, 0.29) is 24.3 Å². The number of alkyl halides is 3. The van der Waals surface area contributed by atoms with Crippen LogP contribution in [0.3, 0.4) is 0 Å². The first kappa shape index (κ1) is 18.9. The van der Waals surface area contributed by atoms with E-state index in [2.05, 4.69) is 10.2 Å². The average Bonchev–Trinajstić information content (AvgIpc) is 3.05. The molecule has 0 saturated heterocycles. The van der Waals surface area contributed by atoms with Gasteiger partial charge in [-0.3, -0.25) is 9.89 Å². The Hall–Kier alpha value is -2.42. The molecule has 0 atom stereocenters. The predicted molar refractivity (Wildman–Crippen MR) is 81.2 cm³/mol. The van der Waals surface area contributed by atoms with Crippen LogP contribution >= 0.6 is 0 Å².